The van der Waals surface area contributed by atoms with Crippen molar-refractivity contribution in [3.63, 3.8) is 0 Å². The van der Waals surface area contributed by atoms with Gasteiger partial charge in [0, 0.05) is 22.8 Å². The molecule has 2 aliphatic rings. The van der Waals surface area contributed by atoms with Crippen molar-refractivity contribution in [1.82, 2.24) is 0 Å². The fourth-order valence-corrected chi connectivity index (χ4v) is 4.51. The zero-order valence-electron chi connectivity index (χ0n) is 14.1. The Bertz CT molecular complexity index is 709. The first-order valence-electron chi connectivity index (χ1n) is 8.13. The zero-order valence-corrected chi connectivity index (χ0v) is 14.1. The molecule has 0 N–H and O–H groups in total. The highest BCUT2D eigenvalue weighted by Crippen LogP contribution is 2.53. The van der Waals surface area contributed by atoms with Gasteiger partial charge in [-0.05, 0) is 42.0 Å². The summed E-state index contributed by atoms with van der Waals surface area (Å²) in [4.78, 5) is 25.2. The van der Waals surface area contributed by atoms with E-state index >= 15 is 0 Å². The first-order chi connectivity index (χ1) is 10.2. The van der Waals surface area contributed by atoms with Crippen LogP contribution in [-0.4, -0.2) is 11.6 Å². The van der Waals surface area contributed by atoms with Crippen LogP contribution < -0.4 is 0 Å². The lowest BCUT2D eigenvalue weighted by atomic mass is 9.52. The molecule has 2 atom stereocenters. The largest absolute Gasteiger partial charge is 0.294 e. The van der Waals surface area contributed by atoms with E-state index in [2.05, 4.69) is 32.9 Å². The molecule has 1 unspecified atom stereocenters. The Morgan fingerprint density at radius 3 is 2.50 bits per heavy atom. The molecule has 2 heteroatoms. The van der Waals surface area contributed by atoms with E-state index in [1.807, 2.05) is 19.9 Å². The van der Waals surface area contributed by atoms with Crippen molar-refractivity contribution in [2.45, 2.75) is 52.9 Å². The first kappa shape index (κ1) is 15.2. The lowest BCUT2D eigenvalue weighted by Gasteiger charge is -2.50. The molecule has 22 heavy (non-hydrogen) atoms. The number of allylic oxidation sites excluding steroid dienone is 2. The Morgan fingerprint density at radius 2 is 1.86 bits per heavy atom. The summed E-state index contributed by atoms with van der Waals surface area (Å²) >= 11 is 0. The molecule has 0 aliphatic heterocycles. The van der Waals surface area contributed by atoms with Gasteiger partial charge in [0.25, 0.3) is 0 Å². The Morgan fingerprint density at radius 1 is 1.18 bits per heavy atom. The molecule has 0 amide bonds. The number of fused-ring (bicyclic) bond motifs is 3. The van der Waals surface area contributed by atoms with Crippen molar-refractivity contribution in [1.29, 1.82) is 0 Å². The lowest BCUT2D eigenvalue weighted by molar-refractivity contribution is -0.127. The summed E-state index contributed by atoms with van der Waals surface area (Å²) < 4.78 is 0. The summed E-state index contributed by atoms with van der Waals surface area (Å²) in [6.45, 7) is 10.3. The summed E-state index contributed by atoms with van der Waals surface area (Å²) in [6.07, 6.45) is 5.09. The number of hydrogen-bond donors (Lipinski definition) is 0. The highest BCUT2D eigenvalue weighted by molar-refractivity contribution is 6.04. The summed E-state index contributed by atoms with van der Waals surface area (Å²) in [5.74, 6) is 0.369. The third kappa shape index (κ3) is 1.79. The third-order valence-electron chi connectivity index (χ3n) is 5.96. The molecule has 2 aliphatic carbocycles. The van der Waals surface area contributed by atoms with Gasteiger partial charge >= 0.3 is 0 Å². The fraction of sp³-hybridized carbons (Fsp3) is 0.500. The van der Waals surface area contributed by atoms with E-state index in [0.717, 1.165) is 17.5 Å². The molecule has 3 rings (SSSR count). The standard InChI is InChI=1S/C20H24O2/c1-6-13-12(2)7-8-14-18(13)15(21)11-16-19(3,4)17(22)9-10-20(14,16)5/h7-10,16H,6,11H2,1-5H3/t16?,20-/m1/s1. The number of benzene rings is 1. The van der Waals surface area contributed by atoms with E-state index in [0.29, 0.717) is 6.42 Å². The van der Waals surface area contributed by atoms with Gasteiger partial charge in [0.05, 0.1) is 0 Å². The molecule has 116 valence electrons. The Balaban J connectivity index is 2.32. The van der Waals surface area contributed by atoms with Gasteiger partial charge in [0.1, 0.15) is 0 Å². The average Bonchev–Trinajstić information content (AvgIpc) is 2.46. The fourth-order valence-electron chi connectivity index (χ4n) is 4.51. The lowest BCUT2D eigenvalue weighted by Crippen LogP contribution is -2.51. The van der Waals surface area contributed by atoms with Gasteiger partial charge in [-0.15, -0.1) is 0 Å². The van der Waals surface area contributed by atoms with E-state index in [9.17, 15) is 9.59 Å². The topological polar surface area (TPSA) is 34.1 Å². The van der Waals surface area contributed by atoms with Crippen LogP contribution in [0, 0.1) is 18.3 Å². The highest BCUT2D eigenvalue weighted by Gasteiger charge is 2.53. The number of ketones is 2. The van der Waals surface area contributed by atoms with E-state index in [1.165, 1.54) is 11.1 Å². The normalized spacial score (nSPS) is 29.2. The van der Waals surface area contributed by atoms with Gasteiger partial charge in [0.2, 0.25) is 0 Å². The molecule has 2 nitrogen and oxygen atoms in total. The Hall–Kier alpha value is -1.70. The molecule has 0 aromatic heterocycles. The predicted octanol–water partition coefficient (Wildman–Crippen LogP) is 4.18. The molecule has 0 saturated carbocycles. The number of rotatable bonds is 1. The van der Waals surface area contributed by atoms with E-state index in [1.54, 1.807) is 6.08 Å². The van der Waals surface area contributed by atoms with Gasteiger partial charge in [-0.25, -0.2) is 0 Å². The maximum Gasteiger partial charge on any atom is 0.163 e. The van der Waals surface area contributed by atoms with E-state index < -0.39 is 5.41 Å². The molecule has 0 heterocycles. The second-order valence-corrected chi connectivity index (χ2v) is 7.52. The minimum atomic E-state index is -0.492. The molecule has 1 aromatic rings. The van der Waals surface area contributed by atoms with E-state index in [-0.39, 0.29) is 22.9 Å². The summed E-state index contributed by atoms with van der Waals surface area (Å²) in [6, 6.07) is 4.22. The number of hydrogen-bond acceptors (Lipinski definition) is 2. The number of aryl methyl sites for hydroxylation is 1. The van der Waals surface area contributed by atoms with E-state index in [4.69, 9.17) is 0 Å². The van der Waals surface area contributed by atoms with Crippen molar-refractivity contribution in [2.24, 2.45) is 11.3 Å². The average molecular weight is 296 g/mol. The number of carbonyl (C=O) groups is 2. The van der Waals surface area contributed by atoms with Gasteiger partial charge in [-0.3, -0.25) is 9.59 Å². The summed E-state index contributed by atoms with van der Waals surface area (Å²) in [5.41, 5.74) is 3.65. The highest BCUT2D eigenvalue weighted by atomic mass is 16.1. The van der Waals surface area contributed by atoms with Gasteiger partial charge < -0.3 is 0 Å². The first-order valence-corrected chi connectivity index (χ1v) is 8.13. The minimum Gasteiger partial charge on any atom is -0.294 e. The number of carbonyl (C=O) groups excluding carboxylic acids is 2. The van der Waals surface area contributed by atoms with Crippen molar-refractivity contribution < 1.29 is 9.59 Å². The summed E-state index contributed by atoms with van der Waals surface area (Å²) in [7, 11) is 0. The van der Waals surface area contributed by atoms with Gasteiger partial charge in [-0.1, -0.05) is 45.9 Å². The van der Waals surface area contributed by atoms with Crippen molar-refractivity contribution in [2.75, 3.05) is 0 Å². The SMILES string of the molecule is CCc1c(C)ccc2c1C(=O)CC1C(C)(C)C(=O)C=C[C@]21C. The summed E-state index contributed by atoms with van der Waals surface area (Å²) in [5, 5.41) is 0. The minimum absolute atomic E-state index is 0.0323. The van der Waals surface area contributed by atoms with Crippen molar-refractivity contribution in [3.05, 3.63) is 46.5 Å². The van der Waals surface area contributed by atoms with Gasteiger partial charge in [-0.2, -0.15) is 0 Å². The number of Topliss-reactive ketones (excluding diaryl/α,β-unsaturated/α-hetero) is 1. The quantitative estimate of drug-likeness (QED) is 0.779. The van der Waals surface area contributed by atoms with Crippen molar-refractivity contribution in [3.8, 4) is 0 Å². The predicted molar refractivity (Wildman–Crippen MR) is 88.3 cm³/mol. The molecular weight excluding hydrogens is 272 g/mol. The van der Waals surface area contributed by atoms with Crippen LogP contribution in [0.4, 0.5) is 0 Å². The third-order valence-corrected chi connectivity index (χ3v) is 5.96. The van der Waals surface area contributed by atoms with Crippen LogP contribution in [0.1, 0.15) is 61.2 Å². The van der Waals surface area contributed by atoms with Crippen LogP contribution in [-0.2, 0) is 16.6 Å². The second-order valence-electron chi connectivity index (χ2n) is 7.52. The maximum absolute atomic E-state index is 12.9. The van der Waals surface area contributed by atoms with Crippen LogP contribution in [0.5, 0.6) is 0 Å². The van der Waals surface area contributed by atoms with Crippen LogP contribution in [0.2, 0.25) is 0 Å². The molecule has 0 saturated heterocycles. The molecular formula is C20H24O2. The second kappa shape index (κ2) is 4.65. The van der Waals surface area contributed by atoms with Crippen LogP contribution in [0.25, 0.3) is 0 Å². The Kier molecular flexibility index (Phi) is 3.21. The van der Waals surface area contributed by atoms with Crippen LogP contribution >= 0.6 is 0 Å². The van der Waals surface area contributed by atoms with Gasteiger partial charge in [0.15, 0.2) is 11.6 Å². The Labute approximate surface area is 132 Å². The molecule has 0 fully saturated rings. The zero-order chi connectivity index (χ0) is 16.3. The molecule has 0 spiro atoms. The monoisotopic (exact) mass is 296 g/mol. The molecule has 1 aromatic carbocycles. The van der Waals surface area contributed by atoms with Crippen LogP contribution in [0.3, 0.4) is 0 Å². The molecule has 0 bridgehead atoms. The van der Waals surface area contributed by atoms with Crippen LogP contribution in [0.15, 0.2) is 24.3 Å². The molecule has 0 radical (unpaired) electrons. The van der Waals surface area contributed by atoms with Crippen molar-refractivity contribution >= 4 is 11.6 Å². The smallest absolute Gasteiger partial charge is 0.163 e. The maximum atomic E-state index is 12.9.